The minimum atomic E-state index is -0.847. The van der Waals surface area contributed by atoms with Gasteiger partial charge in [-0.3, -0.25) is 0 Å². The molecule has 0 fully saturated rings. The third kappa shape index (κ3) is 3.01. The van der Waals surface area contributed by atoms with E-state index >= 15 is 0 Å². The summed E-state index contributed by atoms with van der Waals surface area (Å²) in [5.41, 5.74) is -0.122. The monoisotopic (exact) mass is 264 g/mol. The van der Waals surface area contributed by atoms with Crippen molar-refractivity contribution in [3.63, 3.8) is 0 Å². The summed E-state index contributed by atoms with van der Waals surface area (Å²) in [5, 5.41) is 8.57. The number of aromatic nitrogens is 1. The largest absolute Gasteiger partial charge is 0.484 e. The van der Waals surface area contributed by atoms with Gasteiger partial charge in [-0.25, -0.2) is 13.8 Å². The normalized spacial score (nSPS) is 10.0. The Kier molecular flexibility index (Phi) is 3.66. The summed E-state index contributed by atoms with van der Waals surface area (Å²) in [4.78, 5) is 3.31. The van der Waals surface area contributed by atoms with Gasteiger partial charge in [0.1, 0.15) is 18.1 Å². The molecule has 0 saturated carbocycles. The van der Waals surface area contributed by atoms with Gasteiger partial charge in [0, 0.05) is 0 Å². The lowest BCUT2D eigenvalue weighted by atomic mass is 10.2. The summed E-state index contributed by atoms with van der Waals surface area (Å²) in [6, 6.07) is 7.14. The number of ether oxygens (including phenoxy) is 1. The van der Waals surface area contributed by atoms with Gasteiger partial charge in [0.05, 0.1) is 11.6 Å². The zero-order chi connectivity index (χ0) is 13.8. The molecule has 0 aliphatic carbocycles. The van der Waals surface area contributed by atoms with Crippen LogP contribution in [0.3, 0.4) is 0 Å². The molecule has 0 N–H and O–H groups in total. The van der Waals surface area contributed by atoms with Crippen molar-refractivity contribution in [2.24, 2.45) is 0 Å². The maximum absolute atomic E-state index is 13.5. The average Bonchev–Trinajstić information content (AvgIpc) is 2.40. The van der Waals surface area contributed by atoms with Crippen LogP contribution in [0.5, 0.6) is 5.75 Å². The molecule has 19 heavy (non-hydrogen) atoms. The molecule has 3 nitrogen and oxygen atoms in total. The molecule has 0 saturated heterocycles. The summed E-state index contributed by atoms with van der Waals surface area (Å²) in [7, 11) is 0. The average molecular weight is 264 g/mol. The molecule has 6 heteroatoms. The summed E-state index contributed by atoms with van der Waals surface area (Å²) in [6.45, 7) is -0.410. The Morgan fingerprint density at radius 3 is 2.58 bits per heavy atom. The summed E-state index contributed by atoms with van der Waals surface area (Å²) in [6.07, 6.45) is 0. The molecule has 2 rings (SSSR count). The Morgan fingerprint density at radius 2 is 1.89 bits per heavy atom. The molecule has 2 aromatic rings. The molecule has 1 aromatic heterocycles. The second-order valence-electron chi connectivity index (χ2n) is 3.61. The lowest BCUT2D eigenvalue weighted by Gasteiger charge is -2.07. The Bertz CT molecular complexity index is 653. The van der Waals surface area contributed by atoms with Crippen molar-refractivity contribution in [2.75, 3.05) is 0 Å². The van der Waals surface area contributed by atoms with Crippen LogP contribution in [0.2, 0.25) is 0 Å². The maximum Gasteiger partial charge on any atom is 0.213 e. The lowest BCUT2D eigenvalue weighted by Crippen LogP contribution is -2.04. The van der Waals surface area contributed by atoms with Gasteiger partial charge in [-0.05, 0) is 30.3 Å². The van der Waals surface area contributed by atoms with Gasteiger partial charge >= 0.3 is 0 Å². The Morgan fingerprint density at radius 1 is 1.11 bits per heavy atom. The SMILES string of the molecule is N#Cc1ccc(OCc2nc(F)ccc2F)c(F)c1. The van der Waals surface area contributed by atoms with Crippen LogP contribution < -0.4 is 4.74 Å². The number of nitriles is 1. The molecule has 0 spiro atoms. The molecule has 0 bridgehead atoms. The smallest absolute Gasteiger partial charge is 0.213 e. The predicted octanol–water partition coefficient (Wildman–Crippen LogP) is 2.95. The molecular weight excluding hydrogens is 257 g/mol. The van der Waals surface area contributed by atoms with E-state index in [0.717, 1.165) is 18.2 Å². The molecule has 1 aromatic carbocycles. The first kappa shape index (κ1) is 12.9. The van der Waals surface area contributed by atoms with Gasteiger partial charge in [0.2, 0.25) is 5.95 Å². The Balaban J connectivity index is 2.15. The van der Waals surface area contributed by atoms with Gasteiger partial charge in [0.15, 0.2) is 11.6 Å². The van der Waals surface area contributed by atoms with E-state index in [1.165, 1.54) is 12.1 Å². The number of hydrogen-bond donors (Lipinski definition) is 0. The Labute approximate surface area is 106 Å². The highest BCUT2D eigenvalue weighted by atomic mass is 19.1. The van der Waals surface area contributed by atoms with E-state index in [1.807, 2.05) is 0 Å². The number of halogens is 3. The van der Waals surface area contributed by atoms with Gasteiger partial charge in [-0.15, -0.1) is 0 Å². The fourth-order valence-corrected chi connectivity index (χ4v) is 1.39. The fraction of sp³-hybridized carbons (Fsp3) is 0.0769. The maximum atomic E-state index is 13.5. The molecule has 0 amide bonds. The van der Waals surface area contributed by atoms with Gasteiger partial charge in [-0.1, -0.05) is 0 Å². The third-order valence-corrected chi connectivity index (χ3v) is 2.31. The van der Waals surface area contributed by atoms with Crippen molar-refractivity contribution in [3.8, 4) is 11.8 Å². The van der Waals surface area contributed by atoms with Crippen molar-refractivity contribution >= 4 is 0 Å². The van der Waals surface area contributed by atoms with Gasteiger partial charge in [-0.2, -0.15) is 9.65 Å². The summed E-state index contributed by atoms with van der Waals surface area (Å²) in [5.74, 6) is -2.50. The van der Waals surface area contributed by atoms with Crippen molar-refractivity contribution in [1.82, 2.24) is 4.98 Å². The van der Waals surface area contributed by atoms with Crippen LogP contribution in [-0.2, 0) is 6.61 Å². The predicted molar refractivity (Wildman–Crippen MR) is 59.6 cm³/mol. The van der Waals surface area contributed by atoms with Crippen molar-refractivity contribution in [3.05, 3.63) is 59.2 Å². The molecule has 1 heterocycles. The standard InChI is InChI=1S/C13H7F3N2O/c14-9-2-4-13(16)18-11(9)7-19-12-3-1-8(6-17)5-10(12)15/h1-5H,7H2. The van der Waals surface area contributed by atoms with E-state index < -0.39 is 24.2 Å². The van der Waals surface area contributed by atoms with Crippen LogP contribution >= 0.6 is 0 Å². The van der Waals surface area contributed by atoms with Crippen LogP contribution in [0, 0.1) is 28.9 Å². The zero-order valence-electron chi connectivity index (χ0n) is 9.53. The van der Waals surface area contributed by atoms with Crippen LogP contribution in [0.4, 0.5) is 13.2 Å². The minimum Gasteiger partial charge on any atom is -0.484 e. The first-order valence-electron chi connectivity index (χ1n) is 5.23. The third-order valence-electron chi connectivity index (χ3n) is 2.31. The van der Waals surface area contributed by atoms with E-state index in [2.05, 4.69) is 4.98 Å². The number of hydrogen-bond acceptors (Lipinski definition) is 3. The first-order valence-corrected chi connectivity index (χ1v) is 5.23. The molecule has 0 aliphatic rings. The number of benzene rings is 1. The molecule has 0 radical (unpaired) electrons. The van der Waals surface area contributed by atoms with E-state index in [4.69, 9.17) is 10.00 Å². The molecule has 0 atom stereocenters. The minimum absolute atomic E-state index is 0.139. The summed E-state index contributed by atoms with van der Waals surface area (Å²) < 4.78 is 44.5. The van der Waals surface area contributed by atoms with E-state index in [-0.39, 0.29) is 17.0 Å². The second-order valence-corrected chi connectivity index (χ2v) is 3.61. The Hall–Kier alpha value is -2.55. The number of pyridine rings is 1. The van der Waals surface area contributed by atoms with Crippen LogP contribution in [0.15, 0.2) is 30.3 Å². The summed E-state index contributed by atoms with van der Waals surface area (Å²) >= 11 is 0. The molecule has 0 unspecified atom stereocenters. The fourth-order valence-electron chi connectivity index (χ4n) is 1.39. The quantitative estimate of drug-likeness (QED) is 0.801. The molecular formula is C13H7F3N2O. The van der Waals surface area contributed by atoms with E-state index in [1.54, 1.807) is 6.07 Å². The zero-order valence-corrected chi connectivity index (χ0v) is 9.53. The van der Waals surface area contributed by atoms with Crippen LogP contribution in [0.25, 0.3) is 0 Å². The van der Waals surface area contributed by atoms with Crippen molar-refractivity contribution < 1.29 is 17.9 Å². The van der Waals surface area contributed by atoms with Crippen molar-refractivity contribution in [2.45, 2.75) is 6.61 Å². The number of nitrogens with zero attached hydrogens (tertiary/aromatic N) is 2. The first-order chi connectivity index (χ1) is 9.10. The molecule has 0 aliphatic heterocycles. The highest BCUT2D eigenvalue weighted by Gasteiger charge is 2.09. The van der Waals surface area contributed by atoms with E-state index in [0.29, 0.717) is 0 Å². The molecule has 96 valence electrons. The van der Waals surface area contributed by atoms with Gasteiger partial charge < -0.3 is 4.74 Å². The second kappa shape index (κ2) is 5.40. The van der Waals surface area contributed by atoms with Crippen LogP contribution in [0.1, 0.15) is 11.3 Å². The lowest BCUT2D eigenvalue weighted by molar-refractivity contribution is 0.277. The van der Waals surface area contributed by atoms with Crippen LogP contribution in [-0.4, -0.2) is 4.98 Å². The van der Waals surface area contributed by atoms with E-state index in [9.17, 15) is 13.2 Å². The van der Waals surface area contributed by atoms with Gasteiger partial charge in [0.25, 0.3) is 0 Å². The topological polar surface area (TPSA) is 45.9 Å². The number of rotatable bonds is 3. The highest BCUT2D eigenvalue weighted by Crippen LogP contribution is 2.19. The highest BCUT2D eigenvalue weighted by molar-refractivity contribution is 5.36. The van der Waals surface area contributed by atoms with Crippen molar-refractivity contribution in [1.29, 1.82) is 5.26 Å².